The Morgan fingerprint density at radius 1 is 1.33 bits per heavy atom. The van der Waals surface area contributed by atoms with Crippen LogP contribution in [0.3, 0.4) is 0 Å². The van der Waals surface area contributed by atoms with Gasteiger partial charge >= 0.3 is 0 Å². The normalized spacial score (nSPS) is 16.2. The third-order valence-electron chi connectivity index (χ3n) is 4.31. The topological polar surface area (TPSA) is 25.2 Å². The van der Waals surface area contributed by atoms with Crippen LogP contribution in [0.15, 0.2) is 18.2 Å². The van der Waals surface area contributed by atoms with Crippen LogP contribution < -0.4 is 0 Å². The lowest BCUT2D eigenvalue weighted by atomic mass is 9.92. The Balaban J connectivity index is 2.21. The number of hydrogen-bond acceptors (Lipinski definition) is 1. The van der Waals surface area contributed by atoms with Gasteiger partial charge in [-0.3, -0.25) is 0 Å². The number of rotatable bonds is 3. The van der Waals surface area contributed by atoms with E-state index in [0.29, 0.717) is 0 Å². The van der Waals surface area contributed by atoms with Crippen molar-refractivity contribution in [2.75, 3.05) is 6.61 Å². The summed E-state index contributed by atoms with van der Waals surface area (Å²) in [5.41, 5.74) is 5.56. The molecule has 0 aliphatic carbocycles. The maximum absolute atomic E-state index is 9.48. The fraction of sp³-hybridized carbons (Fsp3) is 0.500. The molecule has 1 aromatic heterocycles. The average Bonchev–Trinajstić information content (AvgIpc) is 2.70. The van der Waals surface area contributed by atoms with E-state index >= 15 is 0 Å². The predicted molar refractivity (Wildman–Crippen MR) is 75.1 cm³/mol. The fourth-order valence-corrected chi connectivity index (χ4v) is 3.28. The van der Waals surface area contributed by atoms with Crippen molar-refractivity contribution in [2.45, 2.75) is 45.6 Å². The first-order chi connectivity index (χ1) is 8.74. The molecule has 1 N–H and O–H groups in total. The molecule has 0 radical (unpaired) electrons. The Bertz CT molecular complexity index is 578. The SMILES string of the molecule is CCC(CO)c1cc2c3c(c1)cc(C)n3CCC2. The van der Waals surface area contributed by atoms with Gasteiger partial charge in [0.05, 0.1) is 5.52 Å². The lowest BCUT2D eigenvalue weighted by molar-refractivity contribution is 0.262. The van der Waals surface area contributed by atoms with Crippen LogP contribution in [0.1, 0.15) is 42.5 Å². The first-order valence-corrected chi connectivity index (χ1v) is 6.98. The first kappa shape index (κ1) is 11.8. The lowest BCUT2D eigenvalue weighted by Gasteiger charge is -2.20. The third-order valence-corrected chi connectivity index (χ3v) is 4.31. The zero-order valence-electron chi connectivity index (χ0n) is 11.2. The molecule has 0 bridgehead atoms. The van der Waals surface area contributed by atoms with Crippen LogP contribution in [0.2, 0.25) is 0 Å². The van der Waals surface area contributed by atoms with Gasteiger partial charge in [0.1, 0.15) is 0 Å². The van der Waals surface area contributed by atoms with E-state index in [4.69, 9.17) is 0 Å². The van der Waals surface area contributed by atoms with Crippen molar-refractivity contribution in [3.05, 3.63) is 35.0 Å². The molecule has 96 valence electrons. The van der Waals surface area contributed by atoms with Crippen LogP contribution in [-0.2, 0) is 13.0 Å². The van der Waals surface area contributed by atoms with E-state index in [0.717, 1.165) is 13.0 Å². The molecular formula is C16H21NO. The minimum Gasteiger partial charge on any atom is -0.396 e. The quantitative estimate of drug-likeness (QED) is 0.878. The molecule has 0 saturated heterocycles. The second-order valence-corrected chi connectivity index (χ2v) is 5.45. The molecule has 2 heteroatoms. The van der Waals surface area contributed by atoms with Crippen LogP contribution in [0.4, 0.5) is 0 Å². The molecule has 0 fully saturated rings. The number of aliphatic hydroxyl groups is 1. The van der Waals surface area contributed by atoms with Gasteiger partial charge in [0.25, 0.3) is 0 Å². The molecule has 0 saturated carbocycles. The molecule has 2 heterocycles. The van der Waals surface area contributed by atoms with E-state index < -0.39 is 0 Å². The molecule has 1 atom stereocenters. The Morgan fingerprint density at radius 3 is 2.89 bits per heavy atom. The fourth-order valence-electron chi connectivity index (χ4n) is 3.28. The summed E-state index contributed by atoms with van der Waals surface area (Å²) < 4.78 is 2.44. The smallest absolute Gasteiger partial charge is 0.0515 e. The molecule has 3 rings (SSSR count). The van der Waals surface area contributed by atoms with Crippen LogP contribution in [0, 0.1) is 6.92 Å². The molecule has 1 aliphatic heterocycles. The van der Waals surface area contributed by atoms with Gasteiger partial charge < -0.3 is 9.67 Å². The minimum atomic E-state index is 0.251. The van der Waals surface area contributed by atoms with Gasteiger partial charge in [-0.05, 0) is 49.4 Å². The zero-order chi connectivity index (χ0) is 12.7. The van der Waals surface area contributed by atoms with Gasteiger partial charge in [-0.1, -0.05) is 13.0 Å². The highest BCUT2D eigenvalue weighted by molar-refractivity contribution is 5.86. The molecule has 1 aromatic carbocycles. The van der Waals surface area contributed by atoms with E-state index in [-0.39, 0.29) is 12.5 Å². The van der Waals surface area contributed by atoms with Gasteiger partial charge in [0, 0.05) is 30.1 Å². The average molecular weight is 243 g/mol. The number of benzene rings is 1. The van der Waals surface area contributed by atoms with Crippen LogP contribution in [0.25, 0.3) is 10.9 Å². The zero-order valence-corrected chi connectivity index (χ0v) is 11.2. The Kier molecular flexibility index (Phi) is 2.90. The molecular weight excluding hydrogens is 222 g/mol. The third kappa shape index (κ3) is 1.67. The summed E-state index contributed by atoms with van der Waals surface area (Å²) in [5, 5.41) is 10.8. The minimum absolute atomic E-state index is 0.251. The molecule has 0 amide bonds. The molecule has 0 spiro atoms. The maximum Gasteiger partial charge on any atom is 0.0515 e. The van der Waals surface area contributed by atoms with Gasteiger partial charge in [-0.2, -0.15) is 0 Å². The van der Waals surface area contributed by atoms with Crippen LogP contribution >= 0.6 is 0 Å². The second kappa shape index (κ2) is 4.43. The van der Waals surface area contributed by atoms with Crippen molar-refractivity contribution in [2.24, 2.45) is 0 Å². The lowest BCUT2D eigenvalue weighted by Crippen LogP contribution is -2.10. The molecule has 18 heavy (non-hydrogen) atoms. The van der Waals surface area contributed by atoms with Crippen molar-refractivity contribution < 1.29 is 5.11 Å². The van der Waals surface area contributed by atoms with Crippen molar-refractivity contribution in [1.82, 2.24) is 4.57 Å². The van der Waals surface area contributed by atoms with E-state index in [1.54, 1.807) is 0 Å². The summed E-state index contributed by atoms with van der Waals surface area (Å²) >= 11 is 0. The summed E-state index contributed by atoms with van der Waals surface area (Å²) in [5.74, 6) is 0.288. The first-order valence-electron chi connectivity index (χ1n) is 6.98. The number of hydrogen-bond donors (Lipinski definition) is 1. The van der Waals surface area contributed by atoms with Crippen LogP contribution in [0.5, 0.6) is 0 Å². The standard InChI is InChI=1S/C16H21NO/c1-3-12(10-18)14-8-13-5-4-6-17-11(2)7-15(9-14)16(13)17/h7-9,12,18H,3-6,10H2,1-2H3. The summed E-state index contributed by atoms with van der Waals surface area (Å²) in [6.45, 7) is 5.74. The summed E-state index contributed by atoms with van der Waals surface area (Å²) in [6, 6.07) is 6.89. The van der Waals surface area contributed by atoms with E-state index in [9.17, 15) is 5.11 Å². The predicted octanol–water partition coefficient (Wildman–Crippen LogP) is 3.38. The van der Waals surface area contributed by atoms with Gasteiger partial charge in [0.15, 0.2) is 0 Å². The maximum atomic E-state index is 9.48. The van der Waals surface area contributed by atoms with Crippen LogP contribution in [-0.4, -0.2) is 16.3 Å². The van der Waals surface area contributed by atoms with Crippen molar-refractivity contribution in [3.8, 4) is 0 Å². The van der Waals surface area contributed by atoms with Crippen molar-refractivity contribution in [1.29, 1.82) is 0 Å². The van der Waals surface area contributed by atoms with E-state index in [1.807, 2.05) is 0 Å². The molecule has 1 aliphatic rings. The van der Waals surface area contributed by atoms with E-state index in [1.165, 1.54) is 40.6 Å². The summed E-state index contributed by atoms with van der Waals surface area (Å²) in [4.78, 5) is 0. The highest BCUT2D eigenvalue weighted by atomic mass is 16.3. The second-order valence-electron chi connectivity index (χ2n) is 5.45. The molecule has 1 unspecified atom stereocenters. The summed E-state index contributed by atoms with van der Waals surface area (Å²) in [6.07, 6.45) is 3.41. The number of nitrogens with zero attached hydrogens (tertiary/aromatic N) is 1. The van der Waals surface area contributed by atoms with Crippen molar-refractivity contribution >= 4 is 10.9 Å². The highest BCUT2D eigenvalue weighted by Gasteiger charge is 2.18. The molecule has 2 aromatic rings. The molecule has 2 nitrogen and oxygen atoms in total. The Labute approximate surface area is 108 Å². The van der Waals surface area contributed by atoms with Crippen molar-refractivity contribution in [3.63, 3.8) is 0 Å². The number of aryl methyl sites for hydroxylation is 3. The largest absolute Gasteiger partial charge is 0.396 e. The Hall–Kier alpha value is -1.28. The number of aliphatic hydroxyl groups excluding tert-OH is 1. The number of aromatic nitrogens is 1. The van der Waals surface area contributed by atoms with E-state index in [2.05, 4.69) is 36.6 Å². The van der Waals surface area contributed by atoms with Gasteiger partial charge in [-0.15, -0.1) is 0 Å². The van der Waals surface area contributed by atoms with Gasteiger partial charge in [-0.25, -0.2) is 0 Å². The Morgan fingerprint density at radius 2 is 2.17 bits per heavy atom. The highest BCUT2D eigenvalue weighted by Crippen LogP contribution is 2.32. The summed E-state index contributed by atoms with van der Waals surface area (Å²) in [7, 11) is 0. The van der Waals surface area contributed by atoms with Gasteiger partial charge in [0.2, 0.25) is 0 Å². The monoisotopic (exact) mass is 243 g/mol.